The molecule has 2 amide bonds. The van der Waals surface area contributed by atoms with Crippen molar-refractivity contribution in [1.29, 1.82) is 0 Å². The normalized spacial score (nSPS) is 11.2. The molecule has 4 nitrogen and oxygen atoms in total. The van der Waals surface area contributed by atoms with Gasteiger partial charge in [0.2, 0.25) is 5.91 Å². The van der Waals surface area contributed by atoms with Gasteiger partial charge in [0.1, 0.15) is 0 Å². The number of hydrogen-bond donors (Lipinski definition) is 2. The first-order valence-electron chi connectivity index (χ1n) is 9.08. The van der Waals surface area contributed by atoms with Gasteiger partial charge in [-0.25, -0.2) is 0 Å². The lowest BCUT2D eigenvalue weighted by Gasteiger charge is -2.10. The minimum atomic E-state index is -4.48. The highest BCUT2D eigenvalue weighted by atomic mass is 35.5. The Morgan fingerprint density at radius 2 is 1.59 bits per heavy atom. The summed E-state index contributed by atoms with van der Waals surface area (Å²) in [5.41, 5.74) is 0.0457. The number of thioether (sulfide) groups is 1. The van der Waals surface area contributed by atoms with Gasteiger partial charge in [-0.15, -0.1) is 11.8 Å². The summed E-state index contributed by atoms with van der Waals surface area (Å²) in [5.74, 6) is -0.834. The summed E-state index contributed by atoms with van der Waals surface area (Å²) in [7, 11) is 0. The molecule has 3 rings (SSSR count). The van der Waals surface area contributed by atoms with E-state index in [1.165, 1.54) is 36.0 Å². The van der Waals surface area contributed by atoms with Crippen molar-refractivity contribution < 1.29 is 22.8 Å². The fraction of sp³-hybridized carbons (Fsp3) is 0.0909. The molecular formula is C22H15Cl2F3N2O2S. The molecule has 0 heterocycles. The maximum Gasteiger partial charge on any atom is 0.416 e. The van der Waals surface area contributed by atoms with Crippen LogP contribution >= 0.6 is 35.0 Å². The quantitative estimate of drug-likeness (QED) is 0.360. The van der Waals surface area contributed by atoms with E-state index in [4.69, 9.17) is 23.2 Å². The molecule has 0 unspecified atom stereocenters. The maximum absolute atomic E-state index is 12.8. The van der Waals surface area contributed by atoms with E-state index >= 15 is 0 Å². The third-order valence-corrected chi connectivity index (χ3v) is 5.69. The van der Waals surface area contributed by atoms with Crippen LogP contribution in [-0.4, -0.2) is 17.6 Å². The van der Waals surface area contributed by atoms with E-state index in [1.54, 1.807) is 30.3 Å². The molecule has 0 atom stereocenters. The monoisotopic (exact) mass is 498 g/mol. The van der Waals surface area contributed by atoms with E-state index < -0.39 is 23.6 Å². The van der Waals surface area contributed by atoms with Crippen LogP contribution in [0.1, 0.15) is 15.9 Å². The lowest BCUT2D eigenvalue weighted by molar-refractivity contribution is -0.137. The third kappa shape index (κ3) is 6.66. The Morgan fingerprint density at radius 3 is 2.25 bits per heavy atom. The Morgan fingerprint density at radius 1 is 0.875 bits per heavy atom. The first kappa shape index (κ1) is 24.0. The summed E-state index contributed by atoms with van der Waals surface area (Å²) in [6.45, 7) is 0. The van der Waals surface area contributed by atoms with Gasteiger partial charge in [-0.05, 0) is 60.7 Å². The van der Waals surface area contributed by atoms with Gasteiger partial charge in [-0.3, -0.25) is 9.59 Å². The molecule has 0 aromatic heterocycles. The smallest absolute Gasteiger partial charge is 0.325 e. The third-order valence-electron chi connectivity index (χ3n) is 4.13. The predicted octanol–water partition coefficient (Wildman–Crippen LogP) is 7.00. The average Bonchev–Trinajstić information content (AvgIpc) is 2.73. The summed E-state index contributed by atoms with van der Waals surface area (Å²) in [6.07, 6.45) is -4.48. The van der Waals surface area contributed by atoms with Crippen molar-refractivity contribution >= 4 is 58.2 Å². The number of anilines is 2. The number of carbonyl (C=O) groups is 2. The first-order valence-corrected chi connectivity index (χ1v) is 10.8. The number of alkyl halides is 3. The lowest BCUT2D eigenvalue weighted by atomic mass is 10.2. The Balaban J connectivity index is 1.53. The van der Waals surface area contributed by atoms with Crippen LogP contribution in [0.5, 0.6) is 0 Å². The molecule has 2 N–H and O–H groups in total. The average molecular weight is 499 g/mol. The minimum absolute atomic E-state index is 0.00232. The van der Waals surface area contributed by atoms with Gasteiger partial charge in [-0.2, -0.15) is 13.2 Å². The van der Waals surface area contributed by atoms with Crippen LogP contribution in [0.4, 0.5) is 24.5 Å². The van der Waals surface area contributed by atoms with E-state index in [1.807, 2.05) is 0 Å². The largest absolute Gasteiger partial charge is 0.416 e. The topological polar surface area (TPSA) is 58.2 Å². The van der Waals surface area contributed by atoms with Crippen molar-refractivity contribution in [3.05, 3.63) is 87.9 Å². The Kier molecular flexibility index (Phi) is 7.71. The molecule has 0 aliphatic heterocycles. The maximum atomic E-state index is 12.8. The highest BCUT2D eigenvalue weighted by Gasteiger charge is 2.30. The van der Waals surface area contributed by atoms with E-state index in [9.17, 15) is 22.8 Å². The predicted molar refractivity (Wildman–Crippen MR) is 122 cm³/mol. The molecule has 0 aliphatic rings. The van der Waals surface area contributed by atoms with Crippen molar-refractivity contribution in [2.75, 3.05) is 16.4 Å². The van der Waals surface area contributed by atoms with Crippen LogP contribution in [0.3, 0.4) is 0 Å². The SMILES string of the molecule is O=C(CSc1ccc(NC(=O)c2ccc(Cl)cc2Cl)cc1)Nc1cccc(C(F)(F)F)c1. The van der Waals surface area contributed by atoms with E-state index in [0.29, 0.717) is 10.7 Å². The number of amides is 2. The molecule has 166 valence electrons. The second-order valence-corrected chi connectivity index (χ2v) is 8.41. The zero-order chi connectivity index (χ0) is 23.3. The highest BCUT2D eigenvalue weighted by molar-refractivity contribution is 8.00. The molecule has 0 radical (unpaired) electrons. The zero-order valence-corrected chi connectivity index (χ0v) is 18.5. The number of carbonyl (C=O) groups excluding carboxylic acids is 2. The molecule has 0 spiro atoms. The van der Waals surface area contributed by atoms with Gasteiger partial charge in [0.05, 0.1) is 21.9 Å². The fourth-order valence-corrected chi connectivity index (χ4v) is 3.82. The minimum Gasteiger partial charge on any atom is -0.325 e. The molecule has 32 heavy (non-hydrogen) atoms. The molecule has 0 aliphatic carbocycles. The Hall–Kier alpha value is -2.68. The molecular weight excluding hydrogens is 484 g/mol. The van der Waals surface area contributed by atoms with E-state index in [0.717, 1.165) is 17.0 Å². The molecule has 3 aromatic carbocycles. The number of rotatable bonds is 6. The van der Waals surface area contributed by atoms with Gasteiger partial charge in [0.15, 0.2) is 0 Å². The number of hydrogen-bond acceptors (Lipinski definition) is 3. The van der Waals surface area contributed by atoms with Crippen LogP contribution in [0.2, 0.25) is 10.0 Å². The second-order valence-electron chi connectivity index (χ2n) is 6.52. The van der Waals surface area contributed by atoms with Crippen LogP contribution in [0.25, 0.3) is 0 Å². The number of benzene rings is 3. The lowest BCUT2D eigenvalue weighted by Crippen LogP contribution is -2.15. The van der Waals surface area contributed by atoms with Crippen molar-refractivity contribution in [3.63, 3.8) is 0 Å². The van der Waals surface area contributed by atoms with Crippen LogP contribution < -0.4 is 10.6 Å². The van der Waals surface area contributed by atoms with Crippen LogP contribution in [0.15, 0.2) is 71.6 Å². The van der Waals surface area contributed by atoms with Gasteiger partial charge >= 0.3 is 6.18 Å². The summed E-state index contributed by atoms with van der Waals surface area (Å²) in [6, 6.07) is 15.7. The Labute approximate surface area is 196 Å². The summed E-state index contributed by atoms with van der Waals surface area (Å²) >= 11 is 13.1. The number of halogens is 5. The zero-order valence-electron chi connectivity index (χ0n) is 16.2. The second kappa shape index (κ2) is 10.3. The van der Waals surface area contributed by atoms with Crippen molar-refractivity contribution in [1.82, 2.24) is 0 Å². The van der Waals surface area contributed by atoms with Crippen molar-refractivity contribution in [2.24, 2.45) is 0 Å². The van der Waals surface area contributed by atoms with Crippen molar-refractivity contribution in [2.45, 2.75) is 11.1 Å². The first-order chi connectivity index (χ1) is 15.1. The molecule has 0 saturated heterocycles. The van der Waals surface area contributed by atoms with Crippen LogP contribution in [-0.2, 0) is 11.0 Å². The summed E-state index contributed by atoms with van der Waals surface area (Å²) < 4.78 is 38.3. The number of nitrogens with one attached hydrogen (secondary N) is 2. The van der Waals surface area contributed by atoms with Gasteiger partial charge < -0.3 is 10.6 Å². The molecule has 3 aromatic rings. The summed E-state index contributed by atoms with van der Waals surface area (Å²) in [4.78, 5) is 25.2. The molecule has 10 heteroatoms. The summed E-state index contributed by atoms with van der Waals surface area (Å²) in [5, 5.41) is 5.82. The molecule has 0 bridgehead atoms. The fourth-order valence-electron chi connectivity index (χ4n) is 2.63. The van der Waals surface area contributed by atoms with Gasteiger partial charge in [-0.1, -0.05) is 29.3 Å². The standard InChI is InChI=1S/C22H15Cl2F3N2O2S/c23-14-4-9-18(19(24)11-14)21(31)29-15-5-7-17(8-6-15)32-12-20(30)28-16-3-1-2-13(10-16)22(25,26)27/h1-11H,12H2,(H,28,30)(H,29,31). The van der Waals surface area contributed by atoms with Crippen molar-refractivity contribution in [3.8, 4) is 0 Å². The van der Waals surface area contributed by atoms with Gasteiger partial charge in [0.25, 0.3) is 5.91 Å². The Bertz CT molecular complexity index is 1140. The highest BCUT2D eigenvalue weighted by Crippen LogP contribution is 2.31. The van der Waals surface area contributed by atoms with E-state index in [2.05, 4.69) is 10.6 Å². The molecule has 0 fully saturated rings. The van der Waals surface area contributed by atoms with E-state index in [-0.39, 0.29) is 22.0 Å². The molecule has 0 saturated carbocycles. The van der Waals surface area contributed by atoms with Gasteiger partial charge in [0, 0.05) is 21.3 Å². The van der Waals surface area contributed by atoms with Crippen LogP contribution in [0, 0.1) is 0 Å².